The van der Waals surface area contributed by atoms with Crippen LogP contribution in [-0.4, -0.2) is 9.89 Å². The van der Waals surface area contributed by atoms with E-state index in [4.69, 9.17) is 0 Å². The van der Waals surface area contributed by atoms with Crippen LogP contribution >= 0.6 is 22.6 Å². The zero-order valence-corrected chi connectivity index (χ0v) is 11.8. The van der Waals surface area contributed by atoms with Gasteiger partial charge >= 0.3 is 0 Å². The van der Waals surface area contributed by atoms with Crippen molar-refractivity contribution >= 4 is 28.6 Å². The molecule has 0 fully saturated rings. The van der Waals surface area contributed by atoms with Gasteiger partial charge in [-0.3, -0.25) is 0 Å². The lowest BCUT2D eigenvalue weighted by molar-refractivity contribution is -0.304. The van der Waals surface area contributed by atoms with E-state index in [2.05, 4.69) is 0 Å². The molecule has 1 atom stereocenters. The quantitative estimate of drug-likeness (QED) is 0.627. The highest BCUT2D eigenvalue weighted by Gasteiger charge is 2.23. The predicted octanol–water partition coefficient (Wildman–Crippen LogP) is 2.37. The number of carboxylic acids is 1. The van der Waals surface area contributed by atoms with Gasteiger partial charge in [-0.2, -0.15) is 0 Å². The van der Waals surface area contributed by atoms with Gasteiger partial charge in [0.2, 0.25) is 0 Å². The van der Waals surface area contributed by atoms with Gasteiger partial charge in [0.1, 0.15) is 0 Å². The molecule has 0 amide bonds. The van der Waals surface area contributed by atoms with Gasteiger partial charge in [0.15, 0.2) is 0 Å². The number of benzene rings is 2. The topological polar surface area (TPSA) is 40.1 Å². The SMILES string of the molecule is O=C([O-])C(I)C(c1ccccc1)c1ccccc1. The number of carbonyl (C=O) groups excluding carboxylic acids is 1. The van der Waals surface area contributed by atoms with Crippen molar-refractivity contribution in [3.63, 3.8) is 0 Å². The third-order valence-electron chi connectivity index (χ3n) is 2.84. The van der Waals surface area contributed by atoms with Crippen molar-refractivity contribution in [1.29, 1.82) is 0 Å². The average molecular weight is 351 g/mol. The first kappa shape index (κ1) is 13.1. The molecule has 0 aliphatic carbocycles. The largest absolute Gasteiger partial charge is 0.549 e. The molecule has 0 bridgehead atoms. The molecule has 0 N–H and O–H groups in total. The van der Waals surface area contributed by atoms with Crippen molar-refractivity contribution in [2.24, 2.45) is 0 Å². The van der Waals surface area contributed by atoms with Gasteiger partial charge in [-0.1, -0.05) is 83.3 Å². The average Bonchev–Trinajstić information content (AvgIpc) is 2.41. The highest BCUT2D eigenvalue weighted by molar-refractivity contribution is 14.1. The molecule has 0 saturated heterocycles. The molecule has 2 aromatic carbocycles. The van der Waals surface area contributed by atoms with Crippen LogP contribution in [0.1, 0.15) is 17.0 Å². The van der Waals surface area contributed by atoms with Gasteiger partial charge in [-0.15, -0.1) is 0 Å². The Labute approximate surface area is 120 Å². The van der Waals surface area contributed by atoms with E-state index in [9.17, 15) is 9.90 Å². The van der Waals surface area contributed by atoms with Gasteiger partial charge in [0.25, 0.3) is 0 Å². The van der Waals surface area contributed by atoms with E-state index < -0.39 is 9.89 Å². The fourth-order valence-electron chi connectivity index (χ4n) is 1.99. The Bertz CT molecular complexity index is 471. The fraction of sp³-hybridized carbons (Fsp3) is 0.133. The maximum absolute atomic E-state index is 11.2. The minimum absolute atomic E-state index is 0.182. The second kappa shape index (κ2) is 6.00. The van der Waals surface area contributed by atoms with E-state index in [1.165, 1.54) is 0 Å². The first-order chi connectivity index (χ1) is 8.70. The second-order valence-electron chi connectivity index (χ2n) is 4.02. The van der Waals surface area contributed by atoms with Crippen LogP contribution in [-0.2, 0) is 4.79 Å². The van der Waals surface area contributed by atoms with Crippen LogP contribution in [0.2, 0.25) is 0 Å². The van der Waals surface area contributed by atoms with Crippen LogP contribution in [0.15, 0.2) is 60.7 Å². The summed E-state index contributed by atoms with van der Waals surface area (Å²) < 4.78 is -0.590. The minimum Gasteiger partial charge on any atom is -0.549 e. The van der Waals surface area contributed by atoms with E-state index in [-0.39, 0.29) is 5.92 Å². The number of hydrogen-bond donors (Lipinski definition) is 0. The summed E-state index contributed by atoms with van der Waals surface area (Å²) in [5.41, 5.74) is 1.99. The fourth-order valence-corrected chi connectivity index (χ4v) is 2.82. The van der Waals surface area contributed by atoms with Gasteiger partial charge < -0.3 is 9.90 Å². The summed E-state index contributed by atoms with van der Waals surface area (Å²) in [6.45, 7) is 0. The molecule has 1 unspecified atom stereocenters. The Morgan fingerprint density at radius 2 is 1.28 bits per heavy atom. The Morgan fingerprint density at radius 3 is 1.61 bits per heavy atom. The Kier molecular flexibility index (Phi) is 4.36. The molecule has 18 heavy (non-hydrogen) atoms. The second-order valence-corrected chi connectivity index (χ2v) is 5.36. The van der Waals surface area contributed by atoms with Crippen LogP contribution in [0.4, 0.5) is 0 Å². The van der Waals surface area contributed by atoms with Gasteiger partial charge in [-0.05, 0) is 11.1 Å². The zero-order valence-electron chi connectivity index (χ0n) is 9.62. The molecule has 3 heteroatoms. The van der Waals surface area contributed by atoms with E-state index in [1.54, 1.807) is 0 Å². The molecule has 0 radical (unpaired) electrons. The number of carbonyl (C=O) groups is 1. The Hall–Kier alpha value is -1.36. The molecule has 2 nitrogen and oxygen atoms in total. The highest BCUT2D eigenvalue weighted by atomic mass is 127. The summed E-state index contributed by atoms with van der Waals surface area (Å²) >= 11 is 1.94. The van der Waals surface area contributed by atoms with Crippen LogP contribution in [0.5, 0.6) is 0 Å². The number of carboxylic acid groups (broad SMARTS) is 1. The molecule has 0 saturated carbocycles. The van der Waals surface area contributed by atoms with Gasteiger partial charge in [-0.25, -0.2) is 0 Å². The van der Waals surface area contributed by atoms with Crippen molar-refractivity contribution in [3.05, 3.63) is 71.8 Å². The molecular formula is C15H12IO2-. The standard InChI is InChI=1S/C15H13IO2/c16-14(15(17)18)13(11-7-3-1-4-8-11)12-9-5-2-6-10-12/h1-10,13-14H,(H,17,18)/p-1. The molecule has 0 aliphatic heterocycles. The molecule has 0 heterocycles. The lowest BCUT2D eigenvalue weighted by Gasteiger charge is -2.24. The monoisotopic (exact) mass is 351 g/mol. The zero-order chi connectivity index (χ0) is 13.0. The predicted molar refractivity (Wildman–Crippen MR) is 77.5 cm³/mol. The van der Waals surface area contributed by atoms with Crippen molar-refractivity contribution < 1.29 is 9.90 Å². The summed E-state index contributed by atoms with van der Waals surface area (Å²) in [6.07, 6.45) is 0. The molecule has 2 rings (SSSR count). The number of alkyl halides is 1. The molecule has 2 aromatic rings. The van der Waals surface area contributed by atoms with Crippen molar-refractivity contribution in [2.75, 3.05) is 0 Å². The summed E-state index contributed by atoms with van der Waals surface area (Å²) in [7, 11) is 0. The first-order valence-corrected chi connectivity index (χ1v) is 6.89. The number of hydrogen-bond acceptors (Lipinski definition) is 2. The maximum Gasteiger partial charge on any atom is 0.0614 e. The third-order valence-corrected chi connectivity index (χ3v) is 4.06. The number of halogens is 1. The van der Waals surface area contributed by atoms with E-state index in [0.717, 1.165) is 11.1 Å². The van der Waals surface area contributed by atoms with Crippen molar-refractivity contribution in [3.8, 4) is 0 Å². The minimum atomic E-state index is -1.03. The number of aliphatic carboxylic acids is 1. The summed E-state index contributed by atoms with van der Waals surface area (Å²) in [5.74, 6) is -1.22. The molecule has 0 aromatic heterocycles. The summed E-state index contributed by atoms with van der Waals surface area (Å²) in [6, 6.07) is 19.3. The third kappa shape index (κ3) is 2.90. The lowest BCUT2D eigenvalue weighted by Crippen LogP contribution is -2.36. The molecule has 0 aliphatic rings. The van der Waals surface area contributed by atoms with Crippen LogP contribution in [0, 0.1) is 0 Å². The Morgan fingerprint density at radius 1 is 0.889 bits per heavy atom. The van der Waals surface area contributed by atoms with Gasteiger partial charge in [0, 0.05) is 5.92 Å². The van der Waals surface area contributed by atoms with Crippen molar-refractivity contribution in [1.82, 2.24) is 0 Å². The first-order valence-electron chi connectivity index (χ1n) is 5.65. The van der Waals surface area contributed by atoms with Crippen molar-refractivity contribution in [2.45, 2.75) is 9.84 Å². The maximum atomic E-state index is 11.2. The smallest absolute Gasteiger partial charge is 0.0614 e. The molecular weight excluding hydrogens is 339 g/mol. The van der Waals surface area contributed by atoms with E-state index in [0.29, 0.717) is 0 Å². The molecule has 92 valence electrons. The number of rotatable bonds is 4. The van der Waals surface area contributed by atoms with Crippen LogP contribution in [0.25, 0.3) is 0 Å². The van der Waals surface area contributed by atoms with Crippen LogP contribution in [0.3, 0.4) is 0 Å². The van der Waals surface area contributed by atoms with Gasteiger partial charge in [0.05, 0.1) is 9.89 Å². The summed E-state index contributed by atoms with van der Waals surface area (Å²) in [5, 5.41) is 11.2. The highest BCUT2D eigenvalue weighted by Crippen LogP contribution is 2.32. The van der Waals surface area contributed by atoms with E-state index >= 15 is 0 Å². The molecule has 0 spiro atoms. The van der Waals surface area contributed by atoms with Crippen LogP contribution < -0.4 is 5.11 Å². The Balaban J connectivity index is 2.45. The normalized spacial score (nSPS) is 12.3. The lowest BCUT2D eigenvalue weighted by atomic mass is 9.88. The summed E-state index contributed by atoms with van der Waals surface area (Å²) in [4.78, 5) is 11.2. The van der Waals surface area contributed by atoms with E-state index in [1.807, 2.05) is 83.3 Å².